The molecule has 0 spiro atoms. The number of carbonyl (C=O) groups is 4. The Morgan fingerprint density at radius 3 is 2.59 bits per heavy atom. The zero-order chi connectivity index (χ0) is 19.8. The lowest BCUT2D eigenvalue weighted by Gasteiger charge is -2.48. The number of amides is 4. The third-order valence-electron chi connectivity index (χ3n) is 4.94. The smallest absolute Gasteiger partial charge is 0.258 e. The van der Waals surface area contributed by atoms with Gasteiger partial charge in [-0.3, -0.25) is 24.1 Å². The first kappa shape index (κ1) is 18.9. The quantitative estimate of drug-likeness (QED) is 0.792. The van der Waals surface area contributed by atoms with Gasteiger partial charge in [0.2, 0.25) is 17.7 Å². The normalized spacial score (nSPS) is 21.2. The third kappa shape index (κ3) is 3.39. The van der Waals surface area contributed by atoms with Gasteiger partial charge in [0.05, 0.1) is 17.8 Å². The number of nitrogens with one attached hydrogen (secondary N) is 2. The number of rotatable bonds is 5. The first-order valence-corrected chi connectivity index (χ1v) is 9.04. The average molecular weight is 372 g/mol. The molecule has 8 nitrogen and oxygen atoms in total. The van der Waals surface area contributed by atoms with E-state index in [2.05, 4.69) is 10.6 Å². The number of carbonyl (C=O) groups excluding carboxylic acids is 4. The molecule has 144 valence electrons. The summed E-state index contributed by atoms with van der Waals surface area (Å²) in [5.41, 5.74) is 0.0936. The summed E-state index contributed by atoms with van der Waals surface area (Å²) < 4.78 is 0. The van der Waals surface area contributed by atoms with Gasteiger partial charge >= 0.3 is 0 Å². The van der Waals surface area contributed by atoms with E-state index in [-0.39, 0.29) is 36.9 Å². The van der Waals surface area contributed by atoms with Gasteiger partial charge < -0.3 is 15.5 Å². The maximum Gasteiger partial charge on any atom is 0.258 e. The highest BCUT2D eigenvalue weighted by Gasteiger charge is 2.53. The molecule has 0 aromatic heterocycles. The van der Waals surface area contributed by atoms with Crippen LogP contribution in [0, 0.1) is 0 Å². The van der Waals surface area contributed by atoms with Gasteiger partial charge in [0.1, 0.15) is 12.2 Å². The Balaban J connectivity index is 1.79. The third-order valence-corrected chi connectivity index (χ3v) is 4.94. The molecule has 1 saturated heterocycles. The molecule has 2 aliphatic rings. The Morgan fingerprint density at radius 1 is 1.19 bits per heavy atom. The SMILES string of the molecule is CC(C)NC(=O)CNC(=O)CN1C(=O)c2ccccc2N2C(=O)CCC12C. The van der Waals surface area contributed by atoms with E-state index in [0.29, 0.717) is 24.1 Å². The van der Waals surface area contributed by atoms with Crippen molar-refractivity contribution in [2.24, 2.45) is 0 Å². The number of nitrogens with zero attached hydrogens (tertiary/aromatic N) is 2. The molecule has 1 unspecified atom stereocenters. The Bertz CT molecular complexity index is 807. The number of benzene rings is 1. The van der Waals surface area contributed by atoms with Crippen molar-refractivity contribution in [1.29, 1.82) is 0 Å². The number of hydrogen-bond donors (Lipinski definition) is 2. The van der Waals surface area contributed by atoms with Crippen LogP contribution in [0.25, 0.3) is 0 Å². The highest BCUT2D eigenvalue weighted by molar-refractivity contribution is 6.11. The first-order valence-electron chi connectivity index (χ1n) is 9.04. The van der Waals surface area contributed by atoms with Gasteiger partial charge in [0, 0.05) is 12.5 Å². The molecule has 2 N–H and O–H groups in total. The summed E-state index contributed by atoms with van der Waals surface area (Å²) in [7, 11) is 0. The lowest BCUT2D eigenvalue weighted by Crippen LogP contribution is -2.64. The van der Waals surface area contributed by atoms with Crippen LogP contribution in [0.3, 0.4) is 0 Å². The summed E-state index contributed by atoms with van der Waals surface area (Å²) >= 11 is 0. The zero-order valence-electron chi connectivity index (χ0n) is 15.7. The molecular formula is C19H24N4O4. The maximum absolute atomic E-state index is 13.0. The maximum atomic E-state index is 13.0. The number of para-hydroxylation sites is 1. The molecule has 8 heteroatoms. The second-order valence-corrected chi connectivity index (χ2v) is 7.35. The van der Waals surface area contributed by atoms with E-state index in [1.165, 1.54) is 4.90 Å². The molecule has 3 rings (SSSR count). The van der Waals surface area contributed by atoms with Crippen molar-refractivity contribution in [2.45, 2.75) is 45.3 Å². The van der Waals surface area contributed by atoms with Crippen LogP contribution in [-0.2, 0) is 14.4 Å². The van der Waals surface area contributed by atoms with E-state index in [4.69, 9.17) is 0 Å². The molecule has 0 aliphatic carbocycles. The van der Waals surface area contributed by atoms with Gasteiger partial charge in [-0.1, -0.05) is 12.1 Å². The van der Waals surface area contributed by atoms with E-state index in [0.717, 1.165) is 0 Å². The monoisotopic (exact) mass is 372 g/mol. The van der Waals surface area contributed by atoms with E-state index in [1.807, 2.05) is 13.8 Å². The summed E-state index contributed by atoms with van der Waals surface area (Å²) in [6, 6.07) is 6.90. The fourth-order valence-electron chi connectivity index (χ4n) is 3.69. The standard InChI is InChI=1S/C19H24N4O4/c1-12(2)21-15(24)10-20-16(25)11-22-18(27)13-6-4-5-7-14(13)23-17(26)8-9-19(22,23)3/h4-7,12H,8-11H2,1-3H3,(H,20,25)(H,21,24). The predicted octanol–water partition coefficient (Wildman–Crippen LogP) is 0.626. The second-order valence-electron chi connectivity index (χ2n) is 7.35. The molecule has 1 aromatic carbocycles. The Labute approximate surface area is 157 Å². The van der Waals surface area contributed by atoms with E-state index < -0.39 is 11.6 Å². The van der Waals surface area contributed by atoms with Crippen LogP contribution in [0.2, 0.25) is 0 Å². The van der Waals surface area contributed by atoms with Crippen LogP contribution in [-0.4, -0.2) is 53.3 Å². The zero-order valence-corrected chi connectivity index (χ0v) is 15.7. The van der Waals surface area contributed by atoms with Crippen molar-refractivity contribution in [3.05, 3.63) is 29.8 Å². The van der Waals surface area contributed by atoms with Crippen LogP contribution >= 0.6 is 0 Å². The molecular weight excluding hydrogens is 348 g/mol. The Hall–Kier alpha value is -2.90. The fraction of sp³-hybridized carbons (Fsp3) is 0.474. The Kier molecular flexibility index (Phi) is 4.91. The second kappa shape index (κ2) is 7.02. The van der Waals surface area contributed by atoms with Crippen molar-refractivity contribution in [3.8, 4) is 0 Å². The molecule has 1 fully saturated rings. The summed E-state index contributed by atoms with van der Waals surface area (Å²) in [6.45, 7) is 5.08. The molecule has 27 heavy (non-hydrogen) atoms. The molecule has 2 aliphatic heterocycles. The van der Waals surface area contributed by atoms with E-state index >= 15 is 0 Å². The number of fused-ring (bicyclic) bond motifs is 3. The number of anilines is 1. The fourth-order valence-corrected chi connectivity index (χ4v) is 3.69. The van der Waals surface area contributed by atoms with Gasteiger partial charge in [0.15, 0.2) is 0 Å². The summed E-state index contributed by atoms with van der Waals surface area (Å²) in [4.78, 5) is 52.6. The largest absolute Gasteiger partial charge is 0.352 e. The molecule has 1 atom stereocenters. The summed E-state index contributed by atoms with van der Waals surface area (Å²) in [6.07, 6.45) is 0.764. The Morgan fingerprint density at radius 2 is 1.89 bits per heavy atom. The van der Waals surface area contributed by atoms with Gasteiger partial charge in [-0.2, -0.15) is 0 Å². The lowest BCUT2D eigenvalue weighted by molar-refractivity contribution is -0.127. The van der Waals surface area contributed by atoms with Crippen molar-refractivity contribution < 1.29 is 19.2 Å². The lowest BCUT2D eigenvalue weighted by atomic mass is 9.98. The van der Waals surface area contributed by atoms with Crippen molar-refractivity contribution in [2.75, 3.05) is 18.0 Å². The molecule has 0 saturated carbocycles. The topological polar surface area (TPSA) is 98.8 Å². The van der Waals surface area contributed by atoms with Gasteiger partial charge in [-0.25, -0.2) is 0 Å². The van der Waals surface area contributed by atoms with Crippen molar-refractivity contribution in [3.63, 3.8) is 0 Å². The van der Waals surface area contributed by atoms with Gasteiger partial charge in [-0.15, -0.1) is 0 Å². The molecule has 0 radical (unpaired) electrons. The minimum atomic E-state index is -0.889. The molecule has 4 amide bonds. The highest BCUT2D eigenvalue weighted by atomic mass is 16.2. The minimum absolute atomic E-state index is 0.0217. The van der Waals surface area contributed by atoms with Crippen molar-refractivity contribution >= 4 is 29.3 Å². The van der Waals surface area contributed by atoms with E-state index in [1.54, 1.807) is 36.1 Å². The minimum Gasteiger partial charge on any atom is -0.352 e. The van der Waals surface area contributed by atoms with Gasteiger partial charge in [-0.05, 0) is 39.3 Å². The van der Waals surface area contributed by atoms with Crippen LogP contribution in [0.1, 0.15) is 44.0 Å². The van der Waals surface area contributed by atoms with Crippen LogP contribution in [0.5, 0.6) is 0 Å². The highest BCUT2D eigenvalue weighted by Crippen LogP contribution is 2.43. The van der Waals surface area contributed by atoms with Crippen LogP contribution in [0.4, 0.5) is 5.69 Å². The molecule has 2 heterocycles. The van der Waals surface area contributed by atoms with Gasteiger partial charge in [0.25, 0.3) is 5.91 Å². The van der Waals surface area contributed by atoms with E-state index in [9.17, 15) is 19.2 Å². The predicted molar refractivity (Wildman–Crippen MR) is 98.9 cm³/mol. The summed E-state index contributed by atoms with van der Waals surface area (Å²) in [5.74, 6) is -1.10. The molecule has 1 aromatic rings. The van der Waals surface area contributed by atoms with Crippen molar-refractivity contribution in [1.82, 2.24) is 15.5 Å². The molecule has 0 bridgehead atoms. The average Bonchev–Trinajstić information content (AvgIpc) is 2.92. The summed E-state index contributed by atoms with van der Waals surface area (Å²) in [5, 5.41) is 5.23. The van der Waals surface area contributed by atoms with Crippen LogP contribution in [0.15, 0.2) is 24.3 Å². The number of hydrogen-bond acceptors (Lipinski definition) is 4. The van der Waals surface area contributed by atoms with Crippen LogP contribution < -0.4 is 15.5 Å². The first-order chi connectivity index (χ1) is 12.7.